The summed E-state index contributed by atoms with van der Waals surface area (Å²) in [7, 11) is 0. The number of nitrogens with zero attached hydrogens (tertiary/aromatic N) is 2. The second-order valence-electron chi connectivity index (χ2n) is 6.58. The predicted molar refractivity (Wildman–Crippen MR) is 122 cm³/mol. The van der Waals surface area contributed by atoms with Crippen LogP contribution >= 0.6 is 0 Å². The molecule has 6 heteroatoms. The third kappa shape index (κ3) is 9.78. The number of rotatable bonds is 14. The molecule has 0 fully saturated rings. The van der Waals surface area contributed by atoms with Crippen molar-refractivity contribution in [2.75, 3.05) is 6.54 Å². The summed E-state index contributed by atoms with van der Waals surface area (Å²) in [5.74, 6) is -1.50. The minimum Gasteiger partial charge on any atom is -0.507 e. The molecule has 0 amide bonds. The maximum absolute atomic E-state index is 11.2. The average molecular weight is 411 g/mol. The van der Waals surface area contributed by atoms with E-state index < -0.39 is 5.97 Å². The third-order valence-electron chi connectivity index (χ3n) is 4.25. The van der Waals surface area contributed by atoms with E-state index in [4.69, 9.17) is 5.11 Å². The van der Waals surface area contributed by atoms with Crippen LogP contribution in [0.15, 0.2) is 64.1 Å². The lowest BCUT2D eigenvalue weighted by molar-refractivity contribution is -0.105. The maximum atomic E-state index is 11.2. The van der Waals surface area contributed by atoms with E-state index in [1.54, 1.807) is 18.5 Å². The van der Waals surface area contributed by atoms with Crippen molar-refractivity contribution in [1.82, 2.24) is 0 Å². The Balaban J connectivity index is 2.84. The monoisotopic (exact) mass is 410 g/mol. The summed E-state index contributed by atoms with van der Waals surface area (Å²) >= 11 is 0. The number of carbonyl (C=O) groups excluding carboxylic acids is 1. The van der Waals surface area contributed by atoms with Gasteiger partial charge in [-0.3, -0.25) is 14.8 Å². The lowest BCUT2D eigenvalue weighted by Crippen LogP contribution is -1.95. The number of aromatic hydroxyl groups is 1. The average Bonchev–Trinajstić information content (AvgIpc) is 2.73. The number of benzene rings is 1. The molecular formula is C24H30N2O4. The molecule has 2 N–H and O–H groups in total. The molecule has 160 valence electrons. The van der Waals surface area contributed by atoms with Crippen LogP contribution < -0.4 is 0 Å². The van der Waals surface area contributed by atoms with Gasteiger partial charge in [-0.25, -0.2) is 4.79 Å². The Morgan fingerprint density at radius 1 is 1.17 bits per heavy atom. The highest BCUT2D eigenvalue weighted by molar-refractivity contribution is 5.91. The summed E-state index contributed by atoms with van der Waals surface area (Å²) in [5.41, 5.74) is 2.06. The van der Waals surface area contributed by atoms with Gasteiger partial charge in [0.1, 0.15) is 17.6 Å². The first kappa shape index (κ1) is 24.8. The van der Waals surface area contributed by atoms with Gasteiger partial charge < -0.3 is 10.2 Å². The van der Waals surface area contributed by atoms with E-state index >= 15 is 0 Å². The number of allylic oxidation sites excluding steroid dienone is 5. The maximum Gasteiger partial charge on any atom is 0.339 e. The van der Waals surface area contributed by atoms with Crippen molar-refractivity contribution < 1.29 is 19.8 Å². The molecule has 1 rings (SSSR count). The lowest BCUT2D eigenvalue weighted by Gasteiger charge is -2.03. The van der Waals surface area contributed by atoms with Gasteiger partial charge >= 0.3 is 5.97 Å². The van der Waals surface area contributed by atoms with Crippen LogP contribution in [0, 0.1) is 0 Å². The van der Waals surface area contributed by atoms with E-state index in [1.807, 2.05) is 19.1 Å². The Morgan fingerprint density at radius 3 is 2.60 bits per heavy atom. The molecule has 0 saturated carbocycles. The van der Waals surface area contributed by atoms with Gasteiger partial charge in [0.15, 0.2) is 0 Å². The van der Waals surface area contributed by atoms with Crippen molar-refractivity contribution in [2.24, 2.45) is 9.98 Å². The number of aliphatic imine (C=N–C) groups is 2. The number of phenols is 1. The summed E-state index contributed by atoms with van der Waals surface area (Å²) in [5, 5.41) is 18.8. The molecule has 1 aromatic rings. The Labute approximate surface area is 178 Å². The van der Waals surface area contributed by atoms with Gasteiger partial charge in [-0.2, -0.15) is 0 Å². The first-order valence-electron chi connectivity index (χ1n) is 10.0. The lowest BCUT2D eigenvalue weighted by atomic mass is 10.0. The highest BCUT2D eigenvalue weighted by Gasteiger charge is 2.09. The number of carboxylic acid groups (broad SMARTS) is 1. The molecular weight excluding hydrogens is 380 g/mol. The smallest absolute Gasteiger partial charge is 0.339 e. The number of unbranched alkanes of at least 4 members (excludes halogenated alkanes) is 1. The molecule has 0 radical (unpaired) electrons. The second-order valence-corrected chi connectivity index (χ2v) is 6.58. The SMILES string of the molecule is C=CCCC/C(C=Nc1ccc(C(=O)O)c(O)c1)=C/CC/C(C=O)=C/CC=NCC. The molecule has 0 saturated heterocycles. The zero-order valence-electron chi connectivity index (χ0n) is 17.5. The van der Waals surface area contributed by atoms with Crippen LogP contribution in [0.5, 0.6) is 5.75 Å². The van der Waals surface area contributed by atoms with E-state index in [2.05, 4.69) is 22.6 Å². The first-order valence-corrected chi connectivity index (χ1v) is 10.0. The Bertz CT molecular complexity index is 836. The van der Waals surface area contributed by atoms with Gasteiger partial charge in [0.05, 0.1) is 5.69 Å². The predicted octanol–water partition coefficient (Wildman–Crippen LogP) is 5.46. The molecule has 0 aliphatic rings. The van der Waals surface area contributed by atoms with E-state index in [0.29, 0.717) is 24.9 Å². The van der Waals surface area contributed by atoms with Gasteiger partial charge in [0, 0.05) is 31.5 Å². The molecule has 6 nitrogen and oxygen atoms in total. The standard InChI is InChI=1S/C24H30N2O4/c1-3-5-6-9-19(10-7-11-20(18-27)12-8-15-25-4-2)17-26-21-13-14-22(24(29)30)23(28)16-21/h3,10,12-18,28H,1,4-9,11H2,2H3,(H,29,30)/b19-10-,20-12-,25-15?,26-17?. The zero-order chi connectivity index (χ0) is 22.2. The van der Waals surface area contributed by atoms with Crippen LogP contribution in [0.1, 0.15) is 55.8 Å². The molecule has 0 aliphatic carbocycles. The Kier molecular flexibility index (Phi) is 12.1. The minimum absolute atomic E-state index is 0.159. The largest absolute Gasteiger partial charge is 0.507 e. The Hall–Kier alpha value is -3.28. The van der Waals surface area contributed by atoms with Crippen molar-refractivity contribution in [3.8, 4) is 5.75 Å². The van der Waals surface area contributed by atoms with Crippen molar-refractivity contribution in [3.63, 3.8) is 0 Å². The minimum atomic E-state index is -1.19. The summed E-state index contributed by atoms with van der Waals surface area (Å²) in [6.45, 7) is 6.43. The van der Waals surface area contributed by atoms with E-state index in [0.717, 1.165) is 43.2 Å². The topological polar surface area (TPSA) is 99.3 Å². The van der Waals surface area contributed by atoms with Crippen LogP contribution in [0.4, 0.5) is 5.69 Å². The van der Waals surface area contributed by atoms with Gasteiger partial charge in [0.25, 0.3) is 0 Å². The highest BCUT2D eigenvalue weighted by Crippen LogP contribution is 2.24. The van der Waals surface area contributed by atoms with E-state index in [9.17, 15) is 14.7 Å². The van der Waals surface area contributed by atoms with Crippen LogP contribution in [-0.4, -0.2) is 41.4 Å². The number of carbonyl (C=O) groups is 2. The van der Waals surface area contributed by atoms with Crippen LogP contribution in [0.3, 0.4) is 0 Å². The van der Waals surface area contributed by atoms with Crippen LogP contribution in [0.25, 0.3) is 0 Å². The summed E-state index contributed by atoms with van der Waals surface area (Å²) in [6, 6.07) is 4.20. The van der Waals surface area contributed by atoms with Gasteiger partial charge in [-0.1, -0.05) is 18.2 Å². The quantitative estimate of drug-likeness (QED) is 0.140. The summed E-state index contributed by atoms with van der Waals surface area (Å²) < 4.78 is 0. The van der Waals surface area contributed by atoms with Gasteiger partial charge in [-0.05, 0) is 62.3 Å². The number of hydrogen-bond donors (Lipinski definition) is 2. The fourth-order valence-corrected chi connectivity index (χ4v) is 2.65. The first-order chi connectivity index (χ1) is 14.5. The summed E-state index contributed by atoms with van der Waals surface area (Å²) in [4.78, 5) is 30.7. The fourth-order valence-electron chi connectivity index (χ4n) is 2.65. The molecule has 0 aliphatic heterocycles. The molecule has 30 heavy (non-hydrogen) atoms. The number of aromatic carboxylic acids is 1. The molecule has 0 spiro atoms. The Morgan fingerprint density at radius 2 is 1.97 bits per heavy atom. The van der Waals surface area contributed by atoms with Gasteiger partial charge in [-0.15, -0.1) is 6.58 Å². The van der Waals surface area contributed by atoms with Crippen molar-refractivity contribution in [3.05, 3.63) is 59.7 Å². The van der Waals surface area contributed by atoms with E-state index in [-0.39, 0.29) is 11.3 Å². The number of aldehydes is 1. The van der Waals surface area contributed by atoms with Crippen molar-refractivity contribution in [2.45, 2.75) is 45.4 Å². The highest BCUT2D eigenvalue weighted by atomic mass is 16.4. The normalized spacial score (nSPS) is 12.6. The molecule has 0 heterocycles. The molecule has 1 aromatic carbocycles. The molecule has 0 atom stereocenters. The third-order valence-corrected chi connectivity index (χ3v) is 4.25. The van der Waals surface area contributed by atoms with Crippen LogP contribution in [-0.2, 0) is 4.79 Å². The fraction of sp³-hybridized carbons (Fsp3) is 0.333. The van der Waals surface area contributed by atoms with E-state index in [1.165, 1.54) is 12.1 Å². The number of carboxylic acids is 1. The van der Waals surface area contributed by atoms with Crippen molar-refractivity contribution in [1.29, 1.82) is 0 Å². The second kappa shape index (κ2) is 14.7. The van der Waals surface area contributed by atoms with Gasteiger partial charge in [0.2, 0.25) is 0 Å². The number of hydrogen-bond acceptors (Lipinski definition) is 5. The molecule has 0 unspecified atom stereocenters. The van der Waals surface area contributed by atoms with Crippen molar-refractivity contribution >= 4 is 30.4 Å². The van der Waals surface area contributed by atoms with Crippen LogP contribution in [0.2, 0.25) is 0 Å². The zero-order valence-corrected chi connectivity index (χ0v) is 17.5. The molecule has 0 aromatic heterocycles. The summed E-state index contributed by atoms with van der Waals surface area (Å²) in [6.07, 6.45) is 14.8. The molecule has 0 bridgehead atoms.